The Bertz CT molecular complexity index is 1110. The number of rotatable bonds is 9. The van der Waals surface area contributed by atoms with E-state index in [1.165, 1.54) is 0 Å². The van der Waals surface area contributed by atoms with Crippen LogP contribution in [0.2, 0.25) is 0 Å². The zero-order chi connectivity index (χ0) is 24.6. The number of pyridine rings is 1. The van der Waals surface area contributed by atoms with Crippen molar-refractivity contribution >= 4 is 23.3 Å². The van der Waals surface area contributed by atoms with E-state index in [0.29, 0.717) is 48.5 Å². The number of anilines is 2. The Hall–Kier alpha value is -3.27. The van der Waals surface area contributed by atoms with Crippen LogP contribution in [0, 0.1) is 17.2 Å². The average molecular weight is 484 g/mol. The summed E-state index contributed by atoms with van der Waals surface area (Å²) in [6.07, 6.45) is 6.12. The van der Waals surface area contributed by atoms with E-state index in [0.717, 1.165) is 38.0 Å². The molecular formula is C25H37N7O3. The minimum atomic E-state index is -0.252. The molecule has 10 heteroatoms. The molecule has 4 N–H and O–H groups in total. The number of nitrogens with one attached hydrogen (secondary N) is 2. The van der Waals surface area contributed by atoms with E-state index in [-0.39, 0.29) is 32.1 Å². The number of methoxy groups -OCH3 is 1. The van der Waals surface area contributed by atoms with Crippen LogP contribution in [-0.4, -0.2) is 65.0 Å². The Morgan fingerprint density at radius 3 is 2.71 bits per heavy atom. The van der Waals surface area contributed by atoms with Crippen LogP contribution < -0.4 is 20.7 Å². The second-order valence-corrected chi connectivity index (χ2v) is 10.1. The van der Waals surface area contributed by atoms with Crippen LogP contribution >= 0.6 is 0 Å². The zero-order valence-corrected chi connectivity index (χ0v) is 20.3. The summed E-state index contributed by atoms with van der Waals surface area (Å²) in [7, 11) is 1.62. The normalized spacial score (nSPS) is 24.2. The SMILES string of the molecule is COC[C@@H](C)Oc1cc(N2CCC(C(=N)c3cccnc3N)CC2)nc(C(=O)NC23CC(C2)C3)n1.[HH].[HH]. The maximum atomic E-state index is 13.0. The second-order valence-electron chi connectivity index (χ2n) is 10.1. The molecular weight excluding hydrogens is 446 g/mol. The summed E-state index contributed by atoms with van der Waals surface area (Å²) in [4.78, 5) is 28.3. The first-order chi connectivity index (χ1) is 16.9. The summed E-state index contributed by atoms with van der Waals surface area (Å²) in [6, 6.07) is 5.44. The van der Waals surface area contributed by atoms with Crippen LogP contribution in [0.4, 0.5) is 11.6 Å². The predicted octanol–water partition coefficient (Wildman–Crippen LogP) is 2.93. The molecule has 1 amide bonds. The standard InChI is InChI=1S/C25H33N7O3.2H2/c1-15(14-34-2)35-20-10-19(29-23(30-20)24(33)31-25-11-16(12-25)13-25)32-8-5-17(6-9-32)21(26)18-4-3-7-28-22(18)27;;/h3-4,7,10,15-17,26H,5-6,8-9,11-14H2,1-2H3,(H2,27,28)(H,31,33);2*1H/t15-,16?,25?;;/m1../s1. The molecule has 2 bridgehead atoms. The number of ether oxygens (including phenoxy) is 2. The Kier molecular flexibility index (Phi) is 6.31. The molecule has 0 radical (unpaired) electrons. The second kappa shape index (κ2) is 9.41. The first-order valence-electron chi connectivity index (χ1n) is 12.3. The van der Waals surface area contributed by atoms with Gasteiger partial charge in [0.25, 0.3) is 5.91 Å². The zero-order valence-electron chi connectivity index (χ0n) is 20.3. The molecule has 10 nitrogen and oxygen atoms in total. The molecule has 3 saturated carbocycles. The van der Waals surface area contributed by atoms with Gasteiger partial charge in [0.05, 0.1) is 6.61 Å². The van der Waals surface area contributed by atoms with Crippen molar-refractivity contribution in [3.63, 3.8) is 0 Å². The molecule has 190 valence electrons. The quantitative estimate of drug-likeness (QED) is 0.463. The lowest BCUT2D eigenvalue weighted by Gasteiger charge is -2.61. The van der Waals surface area contributed by atoms with E-state index < -0.39 is 0 Å². The van der Waals surface area contributed by atoms with E-state index in [9.17, 15) is 4.79 Å². The van der Waals surface area contributed by atoms with Crippen molar-refractivity contribution in [2.45, 2.75) is 50.7 Å². The van der Waals surface area contributed by atoms with E-state index in [4.69, 9.17) is 20.6 Å². The highest BCUT2D eigenvalue weighted by Crippen LogP contribution is 2.56. The highest BCUT2D eigenvalue weighted by atomic mass is 16.5. The third-order valence-electron chi connectivity index (χ3n) is 7.39. The Morgan fingerprint density at radius 2 is 2.09 bits per heavy atom. The summed E-state index contributed by atoms with van der Waals surface area (Å²) >= 11 is 0. The van der Waals surface area contributed by atoms with Crippen LogP contribution in [0.5, 0.6) is 5.88 Å². The van der Waals surface area contributed by atoms with Gasteiger partial charge in [-0.1, -0.05) is 0 Å². The lowest BCUT2D eigenvalue weighted by atomic mass is 9.50. The molecule has 1 aliphatic heterocycles. The maximum Gasteiger partial charge on any atom is 0.289 e. The number of carbonyl (C=O) groups excluding carboxylic acids is 1. The van der Waals surface area contributed by atoms with Crippen molar-refractivity contribution in [1.29, 1.82) is 5.41 Å². The molecule has 4 fully saturated rings. The molecule has 4 aliphatic rings. The third-order valence-corrected chi connectivity index (χ3v) is 7.39. The number of nitrogen functional groups attached to an aromatic ring is 1. The number of nitrogens with two attached hydrogens (primary N) is 1. The Labute approximate surface area is 208 Å². The number of amides is 1. The van der Waals surface area contributed by atoms with Crippen LogP contribution in [0.15, 0.2) is 24.4 Å². The predicted molar refractivity (Wildman–Crippen MR) is 136 cm³/mol. The number of hydrogen-bond acceptors (Lipinski definition) is 9. The summed E-state index contributed by atoms with van der Waals surface area (Å²) in [6.45, 7) is 3.71. The fraction of sp³-hybridized carbons (Fsp3) is 0.560. The van der Waals surface area contributed by atoms with Crippen LogP contribution in [0.3, 0.4) is 0 Å². The van der Waals surface area contributed by atoms with Gasteiger partial charge < -0.3 is 30.8 Å². The van der Waals surface area contributed by atoms with Gasteiger partial charge in [0.15, 0.2) is 0 Å². The van der Waals surface area contributed by atoms with Gasteiger partial charge in [0.2, 0.25) is 11.7 Å². The molecule has 0 spiro atoms. The van der Waals surface area contributed by atoms with Crippen molar-refractivity contribution in [1.82, 2.24) is 20.3 Å². The van der Waals surface area contributed by atoms with Gasteiger partial charge in [-0.15, -0.1) is 0 Å². The number of piperidine rings is 1. The molecule has 6 rings (SSSR count). The first-order valence-corrected chi connectivity index (χ1v) is 12.3. The van der Waals surface area contributed by atoms with Crippen LogP contribution in [-0.2, 0) is 4.74 Å². The van der Waals surface area contributed by atoms with Crippen molar-refractivity contribution < 1.29 is 17.1 Å². The van der Waals surface area contributed by atoms with E-state index in [2.05, 4.69) is 25.2 Å². The molecule has 3 aliphatic carbocycles. The summed E-state index contributed by atoms with van der Waals surface area (Å²) < 4.78 is 11.1. The summed E-state index contributed by atoms with van der Waals surface area (Å²) in [5.41, 5.74) is 7.15. The molecule has 2 aromatic rings. The highest BCUT2D eigenvalue weighted by molar-refractivity contribution is 6.03. The summed E-state index contributed by atoms with van der Waals surface area (Å²) in [5, 5.41) is 11.8. The van der Waals surface area contributed by atoms with E-state index >= 15 is 0 Å². The largest absolute Gasteiger partial charge is 0.472 e. The van der Waals surface area contributed by atoms with Gasteiger partial charge in [-0.2, -0.15) is 4.98 Å². The molecule has 0 aromatic carbocycles. The van der Waals surface area contributed by atoms with Gasteiger partial charge in [-0.3, -0.25) is 4.79 Å². The Balaban J connectivity index is 0.00000190. The molecule has 1 atom stereocenters. The highest BCUT2D eigenvalue weighted by Gasteiger charge is 2.57. The number of hydrogen-bond donors (Lipinski definition) is 3. The lowest BCUT2D eigenvalue weighted by Crippen LogP contribution is -2.68. The number of carbonyl (C=O) groups is 1. The lowest BCUT2D eigenvalue weighted by molar-refractivity contribution is -0.0441. The molecule has 0 unspecified atom stereocenters. The number of nitrogens with zero attached hydrogens (tertiary/aromatic N) is 4. The van der Waals surface area contributed by atoms with Crippen molar-refractivity contribution in [2.75, 3.05) is 37.4 Å². The first kappa shape index (κ1) is 23.5. The van der Waals surface area contributed by atoms with Crippen LogP contribution in [0.25, 0.3) is 0 Å². The van der Waals surface area contributed by atoms with E-state index in [1.54, 1.807) is 19.4 Å². The smallest absolute Gasteiger partial charge is 0.289 e. The Morgan fingerprint density at radius 1 is 1.34 bits per heavy atom. The average Bonchev–Trinajstić information content (AvgIpc) is 2.80. The summed E-state index contributed by atoms with van der Waals surface area (Å²) in [5.74, 6) is 2.14. The fourth-order valence-electron chi connectivity index (χ4n) is 5.40. The third kappa shape index (κ3) is 4.80. The van der Waals surface area contributed by atoms with E-state index in [1.807, 2.05) is 19.1 Å². The molecule has 1 saturated heterocycles. The molecule has 35 heavy (non-hydrogen) atoms. The van der Waals surface area contributed by atoms with Crippen molar-refractivity contribution in [3.8, 4) is 5.88 Å². The van der Waals surface area contributed by atoms with Gasteiger partial charge in [0, 0.05) is 58.0 Å². The molecule has 2 aromatic heterocycles. The van der Waals surface area contributed by atoms with Gasteiger partial charge in [0.1, 0.15) is 17.7 Å². The van der Waals surface area contributed by atoms with Crippen LogP contribution in [0.1, 0.15) is 58.1 Å². The fourth-order valence-corrected chi connectivity index (χ4v) is 5.40. The van der Waals surface area contributed by atoms with Crippen molar-refractivity contribution in [3.05, 3.63) is 35.8 Å². The maximum absolute atomic E-state index is 13.0. The van der Waals surface area contributed by atoms with Crippen molar-refractivity contribution in [2.24, 2.45) is 11.8 Å². The van der Waals surface area contributed by atoms with Gasteiger partial charge in [-0.25, -0.2) is 9.97 Å². The minimum Gasteiger partial charge on any atom is -0.472 e. The van der Waals surface area contributed by atoms with Gasteiger partial charge in [-0.05, 0) is 57.1 Å². The monoisotopic (exact) mass is 483 g/mol. The number of aromatic nitrogens is 3. The van der Waals surface area contributed by atoms with Gasteiger partial charge >= 0.3 is 0 Å². The molecule has 3 heterocycles. The minimum absolute atomic E-state index is 0. The topological polar surface area (TPSA) is 139 Å².